The summed E-state index contributed by atoms with van der Waals surface area (Å²) in [7, 11) is 1.76. The van der Waals surface area contributed by atoms with E-state index in [9.17, 15) is 4.39 Å². The molecule has 0 saturated carbocycles. The van der Waals surface area contributed by atoms with Crippen LogP contribution < -0.4 is 10.6 Å². The summed E-state index contributed by atoms with van der Waals surface area (Å²) in [5.74, 6) is 0.493. The van der Waals surface area contributed by atoms with Crippen LogP contribution in [0.3, 0.4) is 0 Å². The summed E-state index contributed by atoms with van der Waals surface area (Å²) in [4.78, 5) is 10.9. The number of halogens is 1. The minimum atomic E-state index is -0.300. The number of nitrogens with two attached hydrogens (primary N) is 1. The van der Waals surface area contributed by atoms with Crippen LogP contribution in [0.15, 0.2) is 35.7 Å². The van der Waals surface area contributed by atoms with Crippen molar-refractivity contribution in [3.8, 4) is 0 Å². The molecule has 0 spiro atoms. The van der Waals surface area contributed by atoms with Gasteiger partial charge in [0.1, 0.15) is 16.5 Å². The third-order valence-corrected chi connectivity index (χ3v) is 3.66. The van der Waals surface area contributed by atoms with Crippen LogP contribution in [-0.4, -0.2) is 17.0 Å². The van der Waals surface area contributed by atoms with E-state index in [1.54, 1.807) is 30.1 Å². The number of para-hydroxylation sites is 1. The zero-order chi connectivity index (χ0) is 13.4. The lowest BCUT2D eigenvalue weighted by atomic mass is 10.2. The fourth-order valence-electron chi connectivity index (χ4n) is 1.95. The fourth-order valence-corrected chi connectivity index (χ4v) is 2.71. The molecule has 0 aliphatic heterocycles. The van der Waals surface area contributed by atoms with Gasteiger partial charge in [0.15, 0.2) is 0 Å². The van der Waals surface area contributed by atoms with Gasteiger partial charge in [0.05, 0.1) is 11.1 Å². The van der Waals surface area contributed by atoms with Crippen LogP contribution in [0.5, 0.6) is 0 Å². The van der Waals surface area contributed by atoms with Crippen LogP contribution in [0.1, 0.15) is 0 Å². The van der Waals surface area contributed by atoms with Crippen LogP contribution in [0.4, 0.5) is 21.8 Å². The van der Waals surface area contributed by atoms with Gasteiger partial charge in [0.25, 0.3) is 0 Å². The quantitative estimate of drug-likeness (QED) is 0.779. The predicted octanol–water partition coefficient (Wildman–Crippen LogP) is 3.18. The minimum Gasteiger partial charge on any atom is -0.368 e. The maximum absolute atomic E-state index is 13.8. The highest BCUT2D eigenvalue weighted by atomic mass is 32.1. The summed E-state index contributed by atoms with van der Waals surface area (Å²) in [5, 5.41) is 2.78. The molecule has 4 nitrogen and oxygen atoms in total. The summed E-state index contributed by atoms with van der Waals surface area (Å²) in [6, 6.07) is 8.46. The Labute approximate surface area is 113 Å². The topological polar surface area (TPSA) is 55.0 Å². The summed E-state index contributed by atoms with van der Waals surface area (Å²) in [6.45, 7) is 0. The van der Waals surface area contributed by atoms with E-state index in [2.05, 4.69) is 9.97 Å². The zero-order valence-electron chi connectivity index (χ0n) is 10.2. The van der Waals surface area contributed by atoms with Gasteiger partial charge in [0, 0.05) is 7.05 Å². The average molecular weight is 274 g/mol. The van der Waals surface area contributed by atoms with Crippen molar-refractivity contribution >= 4 is 39.0 Å². The highest BCUT2D eigenvalue weighted by Gasteiger charge is 2.15. The van der Waals surface area contributed by atoms with E-state index in [0.717, 1.165) is 10.2 Å². The Hall–Kier alpha value is -2.21. The highest BCUT2D eigenvalue weighted by molar-refractivity contribution is 7.16. The Morgan fingerprint density at radius 1 is 1.21 bits per heavy atom. The van der Waals surface area contributed by atoms with Crippen molar-refractivity contribution in [1.82, 2.24) is 9.97 Å². The normalized spacial score (nSPS) is 10.8. The monoisotopic (exact) mass is 274 g/mol. The summed E-state index contributed by atoms with van der Waals surface area (Å²) in [5.41, 5.74) is 6.15. The number of nitrogens with zero attached hydrogens (tertiary/aromatic N) is 3. The Morgan fingerprint density at radius 3 is 2.79 bits per heavy atom. The molecule has 3 aromatic rings. The highest BCUT2D eigenvalue weighted by Crippen LogP contribution is 2.32. The van der Waals surface area contributed by atoms with Crippen LogP contribution in [-0.2, 0) is 0 Å². The van der Waals surface area contributed by atoms with Crippen molar-refractivity contribution in [2.24, 2.45) is 0 Å². The van der Waals surface area contributed by atoms with E-state index < -0.39 is 0 Å². The van der Waals surface area contributed by atoms with Gasteiger partial charge in [-0.1, -0.05) is 12.1 Å². The molecule has 2 N–H and O–H groups in total. The number of hydrogen-bond acceptors (Lipinski definition) is 5. The second kappa shape index (κ2) is 4.47. The molecule has 0 unspecified atom stereocenters. The summed E-state index contributed by atoms with van der Waals surface area (Å²) < 4.78 is 13.8. The molecule has 0 aliphatic carbocycles. The van der Waals surface area contributed by atoms with Gasteiger partial charge in [0.2, 0.25) is 5.95 Å². The standard InChI is InChI=1S/C13H11FN4S/c1-18(10-5-3-2-4-9(10)14)11-8-6-7-19-12(8)17-13(15)16-11/h2-7H,1H3,(H2,15,16,17). The number of anilines is 3. The van der Waals surface area contributed by atoms with Crippen molar-refractivity contribution < 1.29 is 4.39 Å². The lowest BCUT2D eigenvalue weighted by Crippen LogP contribution is -2.14. The van der Waals surface area contributed by atoms with E-state index >= 15 is 0 Å². The number of rotatable bonds is 2. The van der Waals surface area contributed by atoms with Gasteiger partial charge < -0.3 is 10.6 Å². The van der Waals surface area contributed by atoms with Gasteiger partial charge in [-0.2, -0.15) is 4.98 Å². The SMILES string of the molecule is CN(c1ccccc1F)c1nc(N)nc2sccc12. The van der Waals surface area contributed by atoms with Gasteiger partial charge in [-0.15, -0.1) is 11.3 Å². The van der Waals surface area contributed by atoms with Crippen molar-refractivity contribution in [2.75, 3.05) is 17.7 Å². The molecule has 0 fully saturated rings. The second-order valence-electron chi connectivity index (χ2n) is 4.06. The molecule has 19 heavy (non-hydrogen) atoms. The number of thiophene rings is 1. The van der Waals surface area contributed by atoms with Crippen molar-refractivity contribution in [2.45, 2.75) is 0 Å². The molecular weight excluding hydrogens is 263 g/mol. The van der Waals surface area contributed by atoms with E-state index in [1.165, 1.54) is 17.4 Å². The van der Waals surface area contributed by atoms with Gasteiger partial charge >= 0.3 is 0 Å². The Balaban J connectivity index is 2.19. The average Bonchev–Trinajstić information content (AvgIpc) is 2.85. The van der Waals surface area contributed by atoms with Crippen LogP contribution in [0.25, 0.3) is 10.2 Å². The fraction of sp³-hybridized carbons (Fsp3) is 0.0769. The number of benzene rings is 1. The van der Waals surface area contributed by atoms with E-state index in [-0.39, 0.29) is 11.8 Å². The molecule has 0 atom stereocenters. The Bertz CT molecular complexity index is 740. The van der Waals surface area contributed by atoms with Crippen molar-refractivity contribution in [1.29, 1.82) is 0 Å². The van der Waals surface area contributed by atoms with Gasteiger partial charge in [-0.05, 0) is 23.6 Å². The molecule has 2 heterocycles. The largest absolute Gasteiger partial charge is 0.368 e. The zero-order valence-corrected chi connectivity index (χ0v) is 11.0. The van der Waals surface area contributed by atoms with Gasteiger partial charge in [-0.3, -0.25) is 0 Å². The van der Waals surface area contributed by atoms with Gasteiger partial charge in [-0.25, -0.2) is 9.37 Å². The lowest BCUT2D eigenvalue weighted by Gasteiger charge is -2.19. The molecule has 2 aromatic heterocycles. The molecule has 0 saturated heterocycles. The maximum atomic E-state index is 13.8. The lowest BCUT2D eigenvalue weighted by molar-refractivity contribution is 0.627. The molecule has 1 aromatic carbocycles. The molecule has 0 radical (unpaired) electrons. The Morgan fingerprint density at radius 2 is 2.00 bits per heavy atom. The number of fused-ring (bicyclic) bond motifs is 1. The first-order chi connectivity index (χ1) is 9.16. The van der Waals surface area contributed by atoms with Crippen LogP contribution >= 0.6 is 11.3 Å². The summed E-state index contributed by atoms with van der Waals surface area (Å²) >= 11 is 1.48. The predicted molar refractivity (Wildman–Crippen MR) is 76.3 cm³/mol. The molecule has 0 amide bonds. The first kappa shape index (κ1) is 11.9. The number of aromatic nitrogens is 2. The molecule has 96 valence electrons. The molecular formula is C13H11FN4S. The number of hydrogen-bond donors (Lipinski definition) is 1. The summed E-state index contributed by atoms with van der Waals surface area (Å²) in [6.07, 6.45) is 0. The number of nitrogen functional groups attached to an aromatic ring is 1. The van der Waals surface area contributed by atoms with E-state index in [4.69, 9.17) is 5.73 Å². The molecule has 0 bridgehead atoms. The van der Waals surface area contributed by atoms with E-state index in [0.29, 0.717) is 11.5 Å². The molecule has 3 rings (SSSR count). The minimum absolute atomic E-state index is 0.188. The van der Waals surface area contributed by atoms with Crippen LogP contribution in [0.2, 0.25) is 0 Å². The first-order valence-electron chi connectivity index (χ1n) is 5.66. The van der Waals surface area contributed by atoms with E-state index in [1.807, 2.05) is 11.4 Å². The smallest absolute Gasteiger partial charge is 0.223 e. The second-order valence-corrected chi connectivity index (χ2v) is 4.95. The first-order valence-corrected chi connectivity index (χ1v) is 6.54. The Kier molecular flexibility index (Phi) is 2.79. The van der Waals surface area contributed by atoms with Crippen LogP contribution in [0, 0.1) is 5.82 Å². The molecule has 0 aliphatic rings. The third-order valence-electron chi connectivity index (χ3n) is 2.85. The maximum Gasteiger partial charge on any atom is 0.223 e. The third kappa shape index (κ3) is 2.00. The van der Waals surface area contributed by atoms with Crippen molar-refractivity contribution in [3.05, 3.63) is 41.5 Å². The van der Waals surface area contributed by atoms with Crippen molar-refractivity contribution in [3.63, 3.8) is 0 Å². The molecule has 6 heteroatoms.